The molecule has 0 aromatic heterocycles. The van der Waals surface area contributed by atoms with Gasteiger partial charge in [-0.15, -0.1) is 0 Å². The normalized spacial score (nSPS) is 12.7. The summed E-state index contributed by atoms with van der Waals surface area (Å²) in [4.78, 5) is 35.2. The van der Waals surface area contributed by atoms with E-state index in [1.165, 1.54) is 6.92 Å². The molecule has 2 aromatic rings. The first-order valence-corrected chi connectivity index (χ1v) is 8.34. The number of hydrogen-bond donors (Lipinski definition) is 3. The SMILES string of the molecule is CC(=O)NC(CC(=O)NCC(C(=O)O)c1ccccc1)c1ccccc1. The number of benzene rings is 2. The quantitative estimate of drug-likeness (QED) is 0.677. The third-order valence-electron chi connectivity index (χ3n) is 3.97. The molecule has 3 N–H and O–H groups in total. The van der Waals surface area contributed by atoms with Gasteiger partial charge in [0, 0.05) is 13.5 Å². The van der Waals surface area contributed by atoms with Gasteiger partial charge in [0.25, 0.3) is 0 Å². The fourth-order valence-electron chi connectivity index (χ4n) is 2.69. The molecule has 0 saturated carbocycles. The van der Waals surface area contributed by atoms with Gasteiger partial charge in [-0.05, 0) is 11.1 Å². The highest BCUT2D eigenvalue weighted by molar-refractivity contribution is 5.81. The molecule has 0 fully saturated rings. The molecule has 2 rings (SSSR count). The summed E-state index contributed by atoms with van der Waals surface area (Å²) in [6, 6.07) is 17.5. The first kappa shape index (κ1) is 19.2. The van der Waals surface area contributed by atoms with Crippen molar-refractivity contribution in [3.63, 3.8) is 0 Å². The van der Waals surface area contributed by atoms with E-state index in [0.717, 1.165) is 5.56 Å². The van der Waals surface area contributed by atoms with Gasteiger partial charge in [-0.1, -0.05) is 60.7 Å². The molecule has 0 aliphatic rings. The minimum absolute atomic E-state index is 0.0141. The Morgan fingerprint density at radius 2 is 1.46 bits per heavy atom. The van der Waals surface area contributed by atoms with Crippen LogP contribution in [-0.4, -0.2) is 29.4 Å². The van der Waals surface area contributed by atoms with Gasteiger partial charge >= 0.3 is 5.97 Å². The highest BCUT2D eigenvalue weighted by Crippen LogP contribution is 2.18. The number of carboxylic acids is 1. The van der Waals surface area contributed by atoms with E-state index in [1.54, 1.807) is 30.3 Å². The van der Waals surface area contributed by atoms with Crippen LogP contribution in [0.4, 0.5) is 0 Å². The Labute approximate surface area is 152 Å². The number of nitrogens with one attached hydrogen (secondary N) is 2. The molecule has 0 saturated heterocycles. The van der Waals surface area contributed by atoms with Gasteiger partial charge in [0.2, 0.25) is 11.8 Å². The van der Waals surface area contributed by atoms with Crippen LogP contribution in [0.2, 0.25) is 0 Å². The zero-order valence-electron chi connectivity index (χ0n) is 14.5. The maximum Gasteiger partial charge on any atom is 0.312 e. The van der Waals surface area contributed by atoms with E-state index in [2.05, 4.69) is 10.6 Å². The number of carboxylic acid groups (broad SMARTS) is 1. The molecular formula is C20H22N2O4. The predicted octanol–water partition coefficient (Wildman–Crippen LogP) is 2.24. The van der Waals surface area contributed by atoms with Gasteiger partial charge in [0.1, 0.15) is 0 Å². The molecule has 6 nitrogen and oxygen atoms in total. The van der Waals surface area contributed by atoms with E-state index in [1.807, 2.05) is 30.3 Å². The van der Waals surface area contributed by atoms with Crippen molar-refractivity contribution in [2.24, 2.45) is 0 Å². The second-order valence-electron chi connectivity index (χ2n) is 5.97. The van der Waals surface area contributed by atoms with Crippen LogP contribution in [0.5, 0.6) is 0 Å². The standard InChI is InChI=1S/C20H22N2O4/c1-14(23)22-18(16-10-6-3-7-11-16)12-19(24)21-13-17(20(25)26)15-8-4-2-5-9-15/h2-11,17-18H,12-13H2,1H3,(H,21,24)(H,22,23)(H,25,26). The van der Waals surface area contributed by atoms with E-state index in [-0.39, 0.29) is 24.8 Å². The van der Waals surface area contributed by atoms with Crippen molar-refractivity contribution in [2.45, 2.75) is 25.3 Å². The smallest absolute Gasteiger partial charge is 0.312 e. The van der Waals surface area contributed by atoms with Crippen molar-refractivity contribution in [1.29, 1.82) is 0 Å². The largest absolute Gasteiger partial charge is 0.481 e. The Hall–Kier alpha value is -3.15. The summed E-state index contributed by atoms with van der Waals surface area (Å²) < 4.78 is 0. The van der Waals surface area contributed by atoms with Crippen molar-refractivity contribution in [2.75, 3.05) is 6.54 Å². The van der Waals surface area contributed by atoms with Crippen LogP contribution in [0.3, 0.4) is 0 Å². The average Bonchev–Trinajstić information content (AvgIpc) is 2.62. The van der Waals surface area contributed by atoms with Crippen LogP contribution >= 0.6 is 0 Å². The predicted molar refractivity (Wildman–Crippen MR) is 97.4 cm³/mol. The second kappa shape index (κ2) is 9.36. The Morgan fingerprint density at radius 3 is 1.96 bits per heavy atom. The van der Waals surface area contributed by atoms with Crippen LogP contribution < -0.4 is 10.6 Å². The van der Waals surface area contributed by atoms with Crippen LogP contribution in [0.25, 0.3) is 0 Å². The van der Waals surface area contributed by atoms with Crippen molar-refractivity contribution < 1.29 is 19.5 Å². The lowest BCUT2D eigenvalue weighted by molar-refractivity contribution is -0.138. The van der Waals surface area contributed by atoms with Gasteiger partial charge in [-0.2, -0.15) is 0 Å². The van der Waals surface area contributed by atoms with Gasteiger partial charge in [0.05, 0.1) is 18.4 Å². The van der Waals surface area contributed by atoms with Crippen molar-refractivity contribution in [3.05, 3.63) is 71.8 Å². The molecule has 0 spiro atoms. The number of carbonyl (C=O) groups is 3. The molecule has 6 heteroatoms. The zero-order valence-corrected chi connectivity index (χ0v) is 14.5. The molecule has 0 bridgehead atoms. The molecule has 136 valence electrons. The Kier molecular flexibility index (Phi) is 6.91. The van der Waals surface area contributed by atoms with Crippen molar-refractivity contribution in [1.82, 2.24) is 10.6 Å². The van der Waals surface area contributed by atoms with Crippen molar-refractivity contribution in [3.8, 4) is 0 Å². The lowest BCUT2D eigenvalue weighted by Gasteiger charge is -2.19. The number of rotatable bonds is 8. The molecule has 2 atom stereocenters. The minimum atomic E-state index is -1.00. The van der Waals surface area contributed by atoms with Gasteiger partial charge in [-0.25, -0.2) is 0 Å². The summed E-state index contributed by atoms with van der Waals surface area (Å²) in [5.41, 5.74) is 1.44. The number of hydrogen-bond acceptors (Lipinski definition) is 3. The molecule has 2 aromatic carbocycles. The first-order chi connectivity index (χ1) is 12.5. The number of amides is 2. The highest BCUT2D eigenvalue weighted by atomic mass is 16.4. The van der Waals surface area contributed by atoms with Gasteiger partial charge < -0.3 is 15.7 Å². The zero-order chi connectivity index (χ0) is 18.9. The number of aliphatic carboxylic acids is 1. The molecule has 26 heavy (non-hydrogen) atoms. The Morgan fingerprint density at radius 1 is 0.923 bits per heavy atom. The summed E-state index contributed by atoms with van der Waals surface area (Å²) in [6.07, 6.45) is 0.0325. The maximum absolute atomic E-state index is 12.3. The summed E-state index contributed by atoms with van der Waals surface area (Å²) in [7, 11) is 0. The summed E-state index contributed by atoms with van der Waals surface area (Å²) in [6.45, 7) is 1.38. The van der Waals surface area contributed by atoms with Crippen LogP contribution in [-0.2, 0) is 14.4 Å². The van der Waals surface area contributed by atoms with Crippen LogP contribution in [0, 0.1) is 0 Å². The van der Waals surface area contributed by atoms with Crippen LogP contribution in [0.15, 0.2) is 60.7 Å². The third-order valence-corrected chi connectivity index (χ3v) is 3.97. The van der Waals surface area contributed by atoms with Crippen molar-refractivity contribution >= 4 is 17.8 Å². The average molecular weight is 354 g/mol. The summed E-state index contributed by atoms with van der Waals surface area (Å²) in [5, 5.41) is 14.8. The molecule has 0 aliphatic heterocycles. The molecule has 2 unspecified atom stereocenters. The molecule has 0 radical (unpaired) electrons. The second-order valence-corrected chi connectivity index (χ2v) is 5.97. The summed E-state index contributed by atoms with van der Waals surface area (Å²) in [5.74, 6) is -2.39. The van der Waals surface area contributed by atoms with Gasteiger partial charge in [-0.3, -0.25) is 14.4 Å². The van der Waals surface area contributed by atoms with E-state index < -0.39 is 17.9 Å². The fourth-order valence-corrected chi connectivity index (χ4v) is 2.69. The van der Waals surface area contributed by atoms with Crippen LogP contribution in [0.1, 0.15) is 36.4 Å². The highest BCUT2D eigenvalue weighted by Gasteiger charge is 2.22. The van der Waals surface area contributed by atoms with E-state index >= 15 is 0 Å². The van der Waals surface area contributed by atoms with E-state index in [0.29, 0.717) is 5.56 Å². The van der Waals surface area contributed by atoms with Gasteiger partial charge in [0.15, 0.2) is 0 Å². The maximum atomic E-state index is 12.3. The fraction of sp³-hybridized carbons (Fsp3) is 0.250. The Bertz CT molecular complexity index is 747. The topological polar surface area (TPSA) is 95.5 Å². The molecule has 0 heterocycles. The number of carbonyl (C=O) groups excluding carboxylic acids is 2. The first-order valence-electron chi connectivity index (χ1n) is 8.34. The third kappa shape index (κ3) is 5.73. The monoisotopic (exact) mass is 354 g/mol. The minimum Gasteiger partial charge on any atom is -0.481 e. The van der Waals surface area contributed by atoms with E-state index in [4.69, 9.17) is 0 Å². The molecule has 2 amide bonds. The van der Waals surface area contributed by atoms with E-state index in [9.17, 15) is 19.5 Å². The Balaban J connectivity index is 2.01. The molecular weight excluding hydrogens is 332 g/mol. The molecule has 0 aliphatic carbocycles. The summed E-state index contributed by atoms with van der Waals surface area (Å²) >= 11 is 0. The lowest BCUT2D eigenvalue weighted by atomic mass is 9.99. The lowest BCUT2D eigenvalue weighted by Crippen LogP contribution is -2.35.